The first-order valence-electron chi connectivity index (χ1n) is 4.20. The van der Waals surface area contributed by atoms with Crippen molar-refractivity contribution >= 4 is 6.08 Å². The summed E-state index contributed by atoms with van der Waals surface area (Å²) >= 11 is 0. The fourth-order valence-electron chi connectivity index (χ4n) is 1.77. The van der Waals surface area contributed by atoms with Crippen LogP contribution in [-0.2, 0) is 11.2 Å². The van der Waals surface area contributed by atoms with Crippen molar-refractivity contribution < 1.29 is 9.90 Å². The van der Waals surface area contributed by atoms with Gasteiger partial charge in [-0.15, -0.1) is 0 Å². The Morgan fingerprint density at radius 2 is 2.38 bits per heavy atom. The molecule has 0 aliphatic heterocycles. The number of aromatic hydroxyl groups is 1. The monoisotopic (exact) mass is 175 g/mol. The number of benzene rings is 1. The number of hydrogen-bond acceptors (Lipinski definition) is 3. The molecular weight excluding hydrogens is 166 g/mol. The van der Waals surface area contributed by atoms with E-state index in [9.17, 15) is 9.90 Å². The Bertz CT molecular complexity index is 381. The number of isocyanates is 1. The quantitative estimate of drug-likeness (QED) is 0.521. The van der Waals surface area contributed by atoms with Crippen LogP contribution >= 0.6 is 0 Å². The number of fused-ring (bicyclic) bond motifs is 1. The van der Waals surface area contributed by atoms with Gasteiger partial charge in [0.25, 0.3) is 0 Å². The lowest BCUT2D eigenvalue weighted by Gasteiger charge is -2.03. The normalized spacial score (nSPS) is 19.2. The molecule has 0 aromatic heterocycles. The second-order valence-corrected chi connectivity index (χ2v) is 3.16. The topological polar surface area (TPSA) is 49.7 Å². The Labute approximate surface area is 75.7 Å². The van der Waals surface area contributed by atoms with Crippen LogP contribution in [0.15, 0.2) is 23.2 Å². The van der Waals surface area contributed by atoms with Crippen molar-refractivity contribution in [1.82, 2.24) is 0 Å². The van der Waals surface area contributed by atoms with Gasteiger partial charge in [0.2, 0.25) is 6.08 Å². The van der Waals surface area contributed by atoms with E-state index < -0.39 is 0 Å². The van der Waals surface area contributed by atoms with E-state index in [-0.39, 0.29) is 11.8 Å². The molecule has 1 N–H and O–H groups in total. The molecule has 3 nitrogen and oxygen atoms in total. The van der Waals surface area contributed by atoms with E-state index in [0.717, 1.165) is 18.4 Å². The molecule has 1 aliphatic rings. The largest absolute Gasteiger partial charge is 0.508 e. The third-order valence-electron chi connectivity index (χ3n) is 2.38. The molecule has 3 heteroatoms. The lowest BCUT2D eigenvalue weighted by Crippen LogP contribution is -1.87. The number of carbonyl (C=O) groups excluding carboxylic acids is 1. The number of aryl methyl sites for hydroxylation is 1. The first kappa shape index (κ1) is 8.02. The van der Waals surface area contributed by atoms with E-state index in [0.29, 0.717) is 0 Å². The Kier molecular flexibility index (Phi) is 1.87. The van der Waals surface area contributed by atoms with Crippen molar-refractivity contribution in [3.05, 3.63) is 29.3 Å². The highest BCUT2D eigenvalue weighted by atomic mass is 16.3. The van der Waals surface area contributed by atoms with Crippen molar-refractivity contribution in [2.45, 2.75) is 18.9 Å². The molecule has 2 rings (SSSR count). The minimum atomic E-state index is -0.0976. The van der Waals surface area contributed by atoms with Gasteiger partial charge in [-0.2, -0.15) is 4.99 Å². The highest BCUT2D eigenvalue weighted by Crippen LogP contribution is 2.35. The predicted octanol–water partition coefficient (Wildman–Crippen LogP) is 1.72. The van der Waals surface area contributed by atoms with Gasteiger partial charge in [-0.1, -0.05) is 6.07 Å². The molecule has 1 unspecified atom stereocenters. The Balaban J connectivity index is 2.45. The SMILES string of the molecule is O=C=NC1CCc2ccc(O)cc21. The third-order valence-corrected chi connectivity index (χ3v) is 2.38. The van der Waals surface area contributed by atoms with Crippen molar-refractivity contribution in [1.29, 1.82) is 0 Å². The second kappa shape index (κ2) is 3.04. The van der Waals surface area contributed by atoms with Gasteiger partial charge in [0.05, 0.1) is 6.04 Å². The average Bonchev–Trinajstić information content (AvgIpc) is 2.49. The fraction of sp³-hybridized carbons (Fsp3) is 0.300. The van der Waals surface area contributed by atoms with Gasteiger partial charge in [0.15, 0.2) is 0 Å². The molecule has 1 atom stereocenters. The van der Waals surface area contributed by atoms with Crippen molar-refractivity contribution in [3.63, 3.8) is 0 Å². The number of nitrogens with zero attached hydrogens (tertiary/aromatic N) is 1. The van der Waals surface area contributed by atoms with Crippen LogP contribution in [0.5, 0.6) is 5.75 Å². The predicted molar refractivity (Wildman–Crippen MR) is 47.3 cm³/mol. The molecule has 0 spiro atoms. The summed E-state index contributed by atoms with van der Waals surface area (Å²) in [5.74, 6) is 0.228. The average molecular weight is 175 g/mol. The standard InChI is InChI=1S/C10H9NO2/c12-6-11-10-4-2-7-1-3-8(13)5-9(7)10/h1,3,5,10,13H,2,4H2. The maximum Gasteiger partial charge on any atom is 0.235 e. The van der Waals surface area contributed by atoms with Crippen LogP contribution in [0.25, 0.3) is 0 Å². The Hall–Kier alpha value is -1.60. The zero-order chi connectivity index (χ0) is 9.26. The van der Waals surface area contributed by atoms with E-state index in [1.807, 2.05) is 6.07 Å². The van der Waals surface area contributed by atoms with Crippen LogP contribution in [0.4, 0.5) is 0 Å². The molecule has 66 valence electrons. The molecule has 0 heterocycles. The molecule has 1 aromatic rings. The van der Waals surface area contributed by atoms with Crippen molar-refractivity contribution in [3.8, 4) is 5.75 Å². The molecule has 0 saturated carbocycles. The molecule has 0 radical (unpaired) electrons. The molecule has 0 fully saturated rings. The molecule has 1 aromatic carbocycles. The van der Waals surface area contributed by atoms with Gasteiger partial charge in [-0.3, -0.25) is 0 Å². The van der Waals surface area contributed by atoms with Gasteiger partial charge in [0.1, 0.15) is 5.75 Å². The summed E-state index contributed by atoms with van der Waals surface area (Å²) < 4.78 is 0. The summed E-state index contributed by atoms with van der Waals surface area (Å²) in [4.78, 5) is 13.8. The highest BCUT2D eigenvalue weighted by Gasteiger charge is 2.21. The zero-order valence-corrected chi connectivity index (χ0v) is 7.03. The number of aliphatic imine (C=N–C) groups is 1. The van der Waals surface area contributed by atoms with Crippen LogP contribution in [-0.4, -0.2) is 11.2 Å². The van der Waals surface area contributed by atoms with Gasteiger partial charge in [-0.05, 0) is 36.1 Å². The summed E-state index contributed by atoms with van der Waals surface area (Å²) in [6.45, 7) is 0. The van der Waals surface area contributed by atoms with Crippen LogP contribution < -0.4 is 0 Å². The van der Waals surface area contributed by atoms with Crippen molar-refractivity contribution in [2.75, 3.05) is 0 Å². The van der Waals surface area contributed by atoms with Gasteiger partial charge in [-0.25, -0.2) is 4.79 Å². The van der Waals surface area contributed by atoms with Crippen LogP contribution in [0.2, 0.25) is 0 Å². The maximum atomic E-state index is 10.1. The smallest absolute Gasteiger partial charge is 0.235 e. The Morgan fingerprint density at radius 1 is 1.54 bits per heavy atom. The molecule has 0 saturated heterocycles. The maximum absolute atomic E-state index is 10.1. The van der Waals surface area contributed by atoms with Gasteiger partial charge in [0, 0.05) is 0 Å². The first-order valence-corrected chi connectivity index (χ1v) is 4.20. The number of phenolic OH excluding ortho intramolecular Hbond substituents is 1. The number of hydrogen-bond donors (Lipinski definition) is 1. The van der Waals surface area contributed by atoms with E-state index in [2.05, 4.69) is 4.99 Å². The second-order valence-electron chi connectivity index (χ2n) is 3.16. The minimum absolute atomic E-state index is 0.0976. The van der Waals surface area contributed by atoms with Crippen molar-refractivity contribution in [2.24, 2.45) is 4.99 Å². The van der Waals surface area contributed by atoms with E-state index in [1.165, 1.54) is 5.56 Å². The number of phenols is 1. The van der Waals surface area contributed by atoms with Crippen LogP contribution in [0.1, 0.15) is 23.6 Å². The summed E-state index contributed by atoms with van der Waals surface area (Å²) in [6, 6.07) is 5.12. The van der Waals surface area contributed by atoms with E-state index >= 15 is 0 Å². The molecule has 1 aliphatic carbocycles. The molecule has 13 heavy (non-hydrogen) atoms. The summed E-state index contributed by atoms with van der Waals surface area (Å²) in [5.41, 5.74) is 2.13. The van der Waals surface area contributed by atoms with E-state index in [1.54, 1.807) is 18.2 Å². The van der Waals surface area contributed by atoms with Crippen LogP contribution in [0, 0.1) is 0 Å². The van der Waals surface area contributed by atoms with E-state index in [4.69, 9.17) is 0 Å². The summed E-state index contributed by atoms with van der Waals surface area (Å²) in [6.07, 6.45) is 3.33. The Morgan fingerprint density at radius 3 is 3.15 bits per heavy atom. The molecule has 0 bridgehead atoms. The lowest BCUT2D eigenvalue weighted by molar-refractivity contribution is 0.474. The molecular formula is C10H9NO2. The third kappa shape index (κ3) is 1.34. The lowest BCUT2D eigenvalue weighted by atomic mass is 10.1. The fourth-order valence-corrected chi connectivity index (χ4v) is 1.77. The van der Waals surface area contributed by atoms with Crippen LogP contribution in [0.3, 0.4) is 0 Å². The zero-order valence-electron chi connectivity index (χ0n) is 7.03. The van der Waals surface area contributed by atoms with Gasteiger partial charge >= 0.3 is 0 Å². The summed E-state index contributed by atoms with van der Waals surface area (Å²) in [7, 11) is 0. The first-order chi connectivity index (χ1) is 6.31. The minimum Gasteiger partial charge on any atom is -0.508 e. The molecule has 0 amide bonds. The summed E-state index contributed by atoms with van der Waals surface area (Å²) in [5, 5.41) is 9.24. The number of rotatable bonds is 1. The van der Waals surface area contributed by atoms with Gasteiger partial charge < -0.3 is 5.11 Å². The highest BCUT2D eigenvalue weighted by molar-refractivity contribution is 5.43.